The molecule has 2 N–H and O–H groups in total. The Balaban J connectivity index is 2.07. The highest BCUT2D eigenvalue weighted by molar-refractivity contribution is 5.95. The van der Waals surface area contributed by atoms with Gasteiger partial charge in [0, 0.05) is 0 Å². The molecule has 1 aliphatic carbocycles. The SMILES string of the molecule is O=C(NC(C(=O)O)C1CC1)c1cccc(F)n1. The number of carboxylic acid groups (broad SMARTS) is 1. The number of carbonyl (C=O) groups is 2. The molecule has 17 heavy (non-hydrogen) atoms. The lowest BCUT2D eigenvalue weighted by molar-refractivity contribution is -0.139. The van der Waals surface area contributed by atoms with Gasteiger partial charge < -0.3 is 10.4 Å². The van der Waals surface area contributed by atoms with Crippen molar-refractivity contribution in [1.29, 1.82) is 0 Å². The first-order valence-electron chi connectivity index (χ1n) is 5.24. The smallest absolute Gasteiger partial charge is 0.326 e. The van der Waals surface area contributed by atoms with Gasteiger partial charge in [-0.25, -0.2) is 9.78 Å². The van der Waals surface area contributed by atoms with E-state index in [0.717, 1.165) is 18.9 Å². The summed E-state index contributed by atoms with van der Waals surface area (Å²) in [6, 6.07) is 2.90. The van der Waals surface area contributed by atoms with Crippen LogP contribution in [0, 0.1) is 11.9 Å². The van der Waals surface area contributed by atoms with Crippen LogP contribution in [0.2, 0.25) is 0 Å². The van der Waals surface area contributed by atoms with Crippen LogP contribution >= 0.6 is 0 Å². The summed E-state index contributed by atoms with van der Waals surface area (Å²) in [7, 11) is 0. The molecule has 1 heterocycles. The van der Waals surface area contributed by atoms with Crippen LogP contribution in [-0.2, 0) is 4.79 Å². The second-order valence-corrected chi connectivity index (χ2v) is 3.97. The molecule has 0 radical (unpaired) electrons. The van der Waals surface area contributed by atoms with Crippen molar-refractivity contribution >= 4 is 11.9 Å². The second kappa shape index (κ2) is 4.48. The maximum Gasteiger partial charge on any atom is 0.326 e. The zero-order valence-electron chi connectivity index (χ0n) is 8.89. The van der Waals surface area contributed by atoms with Gasteiger partial charge in [0.15, 0.2) is 0 Å². The van der Waals surface area contributed by atoms with Crippen LogP contribution in [0.5, 0.6) is 0 Å². The second-order valence-electron chi connectivity index (χ2n) is 3.97. The molecule has 0 saturated heterocycles. The van der Waals surface area contributed by atoms with Crippen molar-refractivity contribution in [2.75, 3.05) is 0 Å². The molecule has 1 unspecified atom stereocenters. The molecule has 2 rings (SSSR count). The Hall–Kier alpha value is -1.98. The van der Waals surface area contributed by atoms with Crippen molar-refractivity contribution in [1.82, 2.24) is 10.3 Å². The number of nitrogens with zero attached hydrogens (tertiary/aromatic N) is 1. The van der Waals surface area contributed by atoms with Crippen molar-refractivity contribution in [2.45, 2.75) is 18.9 Å². The minimum Gasteiger partial charge on any atom is -0.480 e. The van der Waals surface area contributed by atoms with Crippen molar-refractivity contribution < 1.29 is 19.1 Å². The van der Waals surface area contributed by atoms with Crippen LogP contribution < -0.4 is 5.32 Å². The van der Waals surface area contributed by atoms with E-state index < -0.39 is 23.9 Å². The lowest BCUT2D eigenvalue weighted by Crippen LogP contribution is -2.42. The fourth-order valence-corrected chi connectivity index (χ4v) is 1.56. The molecule has 90 valence electrons. The zero-order chi connectivity index (χ0) is 12.4. The number of aromatic nitrogens is 1. The highest BCUT2D eigenvalue weighted by Crippen LogP contribution is 2.32. The third-order valence-electron chi connectivity index (χ3n) is 2.59. The first-order valence-corrected chi connectivity index (χ1v) is 5.24. The predicted molar refractivity (Wildman–Crippen MR) is 55.8 cm³/mol. The van der Waals surface area contributed by atoms with Crippen molar-refractivity contribution in [2.24, 2.45) is 5.92 Å². The number of carboxylic acids is 1. The number of nitrogens with one attached hydrogen (secondary N) is 1. The van der Waals surface area contributed by atoms with Gasteiger partial charge in [-0.15, -0.1) is 0 Å². The van der Waals surface area contributed by atoms with Gasteiger partial charge in [0.25, 0.3) is 5.91 Å². The number of aliphatic carboxylic acids is 1. The highest BCUT2D eigenvalue weighted by atomic mass is 19.1. The number of halogens is 1. The molecule has 0 spiro atoms. The molecule has 0 bridgehead atoms. The van der Waals surface area contributed by atoms with Crippen LogP contribution in [0.1, 0.15) is 23.3 Å². The Morgan fingerprint density at radius 2 is 2.18 bits per heavy atom. The van der Waals surface area contributed by atoms with E-state index in [1.54, 1.807) is 0 Å². The molecule has 1 saturated carbocycles. The number of hydrogen-bond acceptors (Lipinski definition) is 3. The Labute approximate surface area is 96.7 Å². The fraction of sp³-hybridized carbons (Fsp3) is 0.364. The number of rotatable bonds is 4. The highest BCUT2D eigenvalue weighted by Gasteiger charge is 2.37. The minimum absolute atomic E-state index is 0.0231. The van der Waals surface area contributed by atoms with E-state index in [9.17, 15) is 14.0 Å². The van der Waals surface area contributed by atoms with Gasteiger partial charge in [-0.3, -0.25) is 4.79 Å². The molecule has 6 heteroatoms. The van der Waals surface area contributed by atoms with Gasteiger partial charge in [-0.1, -0.05) is 6.07 Å². The van der Waals surface area contributed by atoms with Crippen molar-refractivity contribution in [3.05, 3.63) is 29.8 Å². The average molecular weight is 238 g/mol. The summed E-state index contributed by atoms with van der Waals surface area (Å²) in [5.41, 5.74) is -0.114. The van der Waals surface area contributed by atoms with Gasteiger partial charge in [0.2, 0.25) is 5.95 Å². The van der Waals surface area contributed by atoms with Crippen LogP contribution in [0.25, 0.3) is 0 Å². The van der Waals surface area contributed by atoms with E-state index in [4.69, 9.17) is 5.11 Å². The van der Waals surface area contributed by atoms with Gasteiger partial charge in [0.1, 0.15) is 11.7 Å². The molecule has 1 aromatic rings. The van der Waals surface area contributed by atoms with Gasteiger partial charge in [-0.05, 0) is 30.9 Å². The summed E-state index contributed by atoms with van der Waals surface area (Å²) in [5.74, 6) is -2.53. The molecule has 0 aromatic carbocycles. The summed E-state index contributed by atoms with van der Waals surface area (Å²) >= 11 is 0. The first kappa shape index (κ1) is 11.5. The Morgan fingerprint density at radius 3 is 2.71 bits per heavy atom. The molecule has 1 aromatic heterocycles. The van der Waals surface area contributed by atoms with Crippen LogP contribution in [0.3, 0.4) is 0 Å². The van der Waals surface area contributed by atoms with Gasteiger partial charge >= 0.3 is 5.97 Å². The number of carbonyl (C=O) groups excluding carboxylic acids is 1. The molecule has 1 aliphatic rings. The lowest BCUT2D eigenvalue weighted by Gasteiger charge is -2.12. The summed E-state index contributed by atoms with van der Waals surface area (Å²) in [6.45, 7) is 0. The molecular formula is C11H11FN2O3. The molecule has 1 fully saturated rings. The van der Waals surface area contributed by atoms with Crippen molar-refractivity contribution in [3.63, 3.8) is 0 Å². The summed E-state index contributed by atoms with van der Waals surface area (Å²) in [4.78, 5) is 25.9. The van der Waals surface area contributed by atoms with Crippen molar-refractivity contribution in [3.8, 4) is 0 Å². The maximum atomic E-state index is 12.8. The summed E-state index contributed by atoms with van der Waals surface area (Å²) < 4.78 is 12.8. The number of amides is 1. The average Bonchev–Trinajstić information content (AvgIpc) is 3.09. The third kappa shape index (κ3) is 2.77. The topological polar surface area (TPSA) is 79.3 Å². The normalized spacial score (nSPS) is 16.3. The first-order chi connectivity index (χ1) is 8.08. The van der Waals surface area contributed by atoms with E-state index in [1.807, 2.05) is 0 Å². The fourth-order valence-electron chi connectivity index (χ4n) is 1.56. The number of hydrogen-bond donors (Lipinski definition) is 2. The minimum atomic E-state index is -1.07. The van der Waals surface area contributed by atoms with Crippen LogP contribution in [0.15, 0.2) is 18.2 Å². The Morgan fingerprint density at radius 1 is 1.47 bits per heavy atom. The number of pyridine rings is 1. The van der Waals surface area contributed by atoms with Crippen LogP contribution in [0.4, 0.5) is 4.39 Å². The third-order valence-corrected chi connectivity index (χ3v) is 2.59. The quantitative estimate of drug-likeness (QED) is 0.761. The molecule has 1 amide bonds. The van der Waals surface area contributed by atoms with E-state index in [-0.39, 0.29) is 11.6 Å². The van der Waals surface area contributed by atoms with E-state index in [1.165, 1.54) is 12.1 Å². The van der Waals surface area contributed by atoms with Gasteiger partial charge in [-0.2, -0.15) is 4.39 Å². The zero-order valence-corrected chi connectivity index (χ0v) is 8.89. The van der Waals surface area contributed by atoms with E-state index in [0.29, 0.717) is 0 Å². The van der Waals surface area contributed by atoms with Crippen LogP contribution in [-0.4, -0.2) is 28.0 Å². The standard InChI is InChI=1S/C11H11FN2O3/c12-8-3-1-2-7(13-8)10(15)14-9(11(16)17)6-4-5-6/h1-3,6,9H,4-5H2,(H,14,15)(H,16,17). The maximum absolute atomic E-state index is 12.8. The molecule has 5 nitrogen and oxygen atoms in total. The van der Waals surface area contributed by atoms with E-state index >= 15 is 0 Å². The largest absolute Gasteiger partial charge is 0.480 e. The van der Waals surface area contributed by atoms with Gasteiger partial charge in [0.05, 0.1) is 0 Å². The lowest BCUT2D eigenvalue weighted by atomic mass is 10.2. The monoisotopic (exact) mass is 238 g/mol. The molecular weight excluding hydrogens is 227 g/mol. The van der Waals surface area contributed by atoms with E-state index in [2.05, 4.69) is 10.3 Å². The Kier molecular flexibility index (Phi) is 3.03. The summed E-state index contributed by atoms with van der Waals surface area (Å²) in [6.07, 6.45) is 1.57. The molecule has 0 aliphatic heterocycles. The Bertz CT molecular complexity index is 460. The predicted octanol–water partition coefficient (Wildman–Crippen LogP) is 0.814. The summed E-state index contributed by atoms with van der Waals surface area (Å²) in [5, 5.41) is 11.3. The molecule has 1 atom stereocenters.